The molecule has 1 aromatic heterocycles. The molecule has 2 heterocycles. The molecule has 1 atom stereocenters. The number of hydrogen-bond donors (Lipinski definition) is 1. The molecule has 1 unspecified atom stereocenters. The van der Waals surface area contributed by atoms with Crippen molar-refractivity contribution in [1.29, 1.82) is 0 Å². The maximum atomic E-state index is 11.1. The number of hydrogen-bond acceptors (Lipinski definition) is 3. The van der Waals surface area contributed by atoms with Crippen LogP contribution in [0.15, 0.2) is 10.7 Å². The highest BCUT2D eigenvalue weighted by atomic mass is 79.9. The summed E-state index contributed by atoms with van der Waals surface area (Å²) >= 11 is 5.37. The van der Waals surface area contributed by atoms with E-state index in [-0.39, 0.29) is 11.5 Å². The molecule has 1 fully saturated rings. The fourth-order valence-corrected chi connectivity index (χ4v) is 4.69. The lowest BCUT2D eigenvalue weighted by atomic mass is 9.80. The molecule has 0 radical (unpaired) electrons. The average molecular weight is 333 g/mol. The standard InChI is InChI=1S/C13H21BrN2OS/c1-9(2)16-11(10(14)5-15-16)13(17)6-12(3,4)7-18-8-13/h5,9,17H,6-8H2,1-4H3. The van der Waals surface area contributed by atoms with Gasteiger partial charge >= 0.3 is 0 Å². The van der Waals surface area contributed by atoms with Crippen LogP contribution in [-0.2, 0) is 5.60 Å². The Morgan fingerprint density at radius 2 is 2.11 bits per heavy atom. The maximum Gasteiger partial charge on any atom is 0.117 e. The van der Waals surface area contributed by atoms with Crippen molar-refractivity contribution in [1.82, 2.24) is 9.78 Å². The third-order valence-corrected chi connectivity index (χ3v) is 5.53. The molecule has 0 bridgehead atoms. The van der Waals surface area contributed by atoms with E-state index in [0.717, 1.165) is 28.1 Å². The van der Waals surface area contributed by atoms with Crippen molar-refractivity contribution in [3.05, 3.63) is 16.4 Å². The van der Waals surface area contributed by atoms with Crippen LogP contribution in [0.4, 0.5) is 0 Å². The summed E-state index contributed by atoms with van der Waals surface area (Å²) in [6.07, 6.45) is 2.57. The maximum absolute atomic E-state index is 11.1. The third-order valence-electron chi connectivity index (χ3n) is 3.29. The Labute approximate surface area is 121 Å². The second kappa shape index (κ2) is 4.84. The van der Waals surface area contributed by atoms with Crippen LogP contribution in [0.3, 0.4) is 0 Å². The molecule has 1 aliphatic heterocycles. The molecule has 1 aliphatic rings. The number of aromatic nitrogens is 2. The molecule has 0 amide bonds. The minimum Gasteiger partial charge on any atom is -0.383 e. The van der Waals surface area contributed by atoms with Crippen LogP contribution in [0, 0.1) is 5.41 Å². The molecule has 0 aromatic carbocycles. The summed E-state index contributed by atoms with van der Waals surface area (Å²) in [4.78, 5) is 0. The topological polar surface area (TPSA) is 38.0 Å². The SMILES string of the molecule is CC(C)n1ncc(Br)c1C1(O)CSCC(C)(C)C1. The summed E-state index contributed by atoms with van der Waals surface area (Å²) in [6.45, 7) is 8.61. The lowest BCUT2D eigenvalue weighted by Crippen LogP contribution is -2.42. The first kappa shape index (κ1) is 14.4. The Hall–Kier alpha value is -0.0000000000000000555. The van der Waals surface area contributed by atoms with E-state index < -0.39 is 5.60 Å². The van der Waals surface area contributed by atoms with Crippen LogP contribution in [0.2, 0.25) is 0 Å². The van der Waals surface area contributed by atoms with Crippen LogP contribution in [-0.4, -0.2) is 26.4 Å². The van der Waals surface area contributed by atoms with Crippen molar-refractivity contribution in [3.8, 4) is 0 Å². The van der Waals surface area contributed by atoms with Crippen LogP contribution >= 0.6 is 27.7 Å². The molecule has 3 nitrogen and oxygen atoms in total. The first-order valence-electron chi connectivity index (χ1n) is 6.29. The Bertz CT molecular complexity index is 444. The van der Waals surface area contributed by atoms with Gasteiger partial charge in [0.2, 0.25) is 0 Å². The van der Waals surface area contributed by atoms with E-state index in [2.05, 4.69) is 48.7 Å². The summed E-state index contributed by atoms with van der Waals surface area (Å²) < 4.78 is 2.85. The molecule has 1 aromatic rings. The van der Waals surface area contributed by atoms with Gasteiger partial charge < -0.3 is 5.11 Å². The first-order valence-corrected chi connectivity index (χ1v) is 8.24. The zero-order chi connectivity index (χ0) is 13.6. The predicted molar refractivity (Wildman–Crippen MR) is 79.9 cm³/mol. The minimum atomic E-state index is -0.786. The summed E-state index contributed by atoms with van der Waals surface area (Å²) in [7, 11) is 0. The molecule has 1 N–H and O–H groups in total. The molecular weight excluding hydrogens is 312 g/mol. The van der Waals surface area contributed by atoms with Gasteiger partial charge in [-0.1, -0.05) is 13.8 Å². The Balaban J connectivity index is 2.43. The van der Waals surface area contributed by atoms with Crippen LogP contribution < -0.4 is 0 Å². The van der Waals surface area contributed by atoms with Crippen molar-refractivity contribution >= 4 is 27.7 Å². The van der Waals surface area contributed by atoms with E-state index in [1.807, 2.05) is 16.4 Å². The molecule has 0 spiro atoms. The second-order valence-corrected chi connectivity index (χ2v) is 8.08. The first-order chi connectivity index (χ1) is 8.25. The highest BCUT2D eigenvalue weighted by Crippen LogP contribution is 2.46. The number of thioether (sulfide) groups is 1. The van der Waals surface area contributed by atoms with Crippen molar-refractivity contribution < 1.29 is 5.11 Å². The van der Waals surface area contributed by atoms with Crippen molar-refractivity contribution in [2.24, 2.45) is 5.41 Å². The third kappa shape index (κ3) is 2.63. The van der Waals surface area contributed by atoms with Gasteiger partial charge in [-0.25, -0.2) is 0 Å². The zero-order valence-corrected chi connectivity index (χ0v) is 13.8. The number of halogens is 1. The largest absolute Gasteiger partial charge is 0.383 e. The summed E-state index contributed by atoms with van der Waals surface area (Å²) in [6, 6.07) is 0.255. The van der Waals surface area contributed by atoms with Gasteiger partial charge in [-0.15, -0.1) is 0 Å². The van der Waals surface area contributed by atoms with E-state index >= 15 is 0 Å². The predicted octanol–water partition coefficient (Wildman–Crippen LogP) is 3.58. The Kier molecular flexibility index (Phi) is 3.87. The van der Waals surface area contributed by atoms with Gasteiger partial charge in [-0.2, -0.15) is 16.9 Å². The Morgan fingerprint density at radius 3 is 2.67 bits per heavy atom. The molecule has 1 saturated heterocycles. The van der Waals surface area contributed by atoms with Gasteiger partial charge in [-0.3, -0.25) is 4.68 Å². The lowest BCUT2D eigenvalue weighted by molar-refractivity contribution is 0.00600. The smallest absolute Gasteiger partial charge is 0.117 e. The zero-order valence-electron chi connectivity index (χ0n) is 11.4. The summed E-state index contributed by atoms with van der Waals surface area (Å²) in [5.41, 5.74) is 0.299. The monoisotopic (exact) mass is 332 g/mol. The lowest BCUT2D eigenvalue weighted by Gasteiger charge is -2.41. The molecule has 0 saturated carbocycles. The summed E-state index contributed by atoms with van der Waals surface area (Å²) in [5, 5.41) is 15.4. The fraction of sp³-hybridized carbons (Fsp3) is 0.769. The van der Waals surface area contributed by atoms with Gasteiger partial charge in [0.15, 0.2) is 0 Å². The van der Waals surface area contributed by atoms with Crippen molar-refractivity contribution in [2.75, 3.05) is 11.5 Å². The fourth-order valence-electron chi connectivity index (χ4n) is 2.71. The van der Waals surface area contributed by atoms with E-state index in [1.54, 1.807) is 6.20 Å². The van der Waals surface area contributed by atoms with E-state index in [1.165, 1.54) is 0 Å². The molecule has 2 rings (SSSR count). The quantitative estimate of drug-likeness (QED) is 0.899. The molecular formula is C13H21BrN2OS. The van der Waals surface area contributed by atoms with Crippen LogP contribution in [0.25, 0.3) is 0 Å². The van der Waals surface area contributed by atoms with E-state index in [4.69, 9.17) is 0 Å². The number of rotatable bonds is 2. The highest BCUT2D eigenvalue weighted by molar-refractivity contribution is 9.10. The minimum absolute atomic E-state index is 0.156. The van der Waals surface area contributed by atoms with Gasteiger partial charge in [-0.05, 0) is 47.4 Å². The summed E-state index contributed by atoms with van der Waals surface area (Å²) in [5.74, 6) is 1.84. The van der Waals surface area contributed by atoms with Gasteiger partial charge in [0.25, 0.3) is 0 Å². The van der Waals surface area contributed by atoms with E-state index in [9.17, 15) is 5.11 Å². The Morgan fingerprint density at radius 1 is 1.44 bits per heavy atom. The number of nitrogens with zero attached hydrogens (tertiary/aromatic N) is 2. The molecule has 18 heavy (non-hydrogen) atoms. The van der Waals surface area contributed by atoms with Gasteiger partial charge in [0.1, 0.15) is 5.60 Å². The number of aliphatic hydroxyl groups is 1. The van der Waals surface area contributed by atoms with E-state index in [0.29, 0.717) is 0 Å². The molecule has 102 valence electrons. The van der Waals surface area contributed by atoms with Gasteiger partial charge in [0.05, 0.1) is 16.4 Å². The highest BCUT2D eigenvalue weighted by Gasteiger charge is 2.43. The van der Waals surface area contributed by atoms with Crippen LogP contribution in [0.1, 0.15) is 45.9 Å². The molecule has 0 aliphatic carbocycles. The average Bonchev–Trinajstić information content (AvgIpc) is 2.58. The molecule has 5 heteroatoms. The second-order valence-electron chi connectivity index (χ2n) is 6.24. The van der Waals surface area contributed by atoms with Crippen molar-refractivity contribution in [2.45, 2.75) is 45.8 Å². The normalized spacial score (nSPS) is 27.7. The van der Waals surface area contributed by atoms with Crippen LogP contribution in [0.5, 0.6) is 0 Å². The van der Waals surface area contributed by atoms with Gasteiger partial charge in [0, 0.05) is 11.8 Å². The van der Waals surface area contributed by atoms with Crippen molar-refractivity contribution in [3.63, 3.8) is 0 Å².